The topological polar surface area (TPSA) is 52.1 Å². The van der Waals surface area contributed by atoms with Crippen molar-refractivity contribution in [1.82, 2.24) is 20.4 Å². The number of nitrogens with one attached hydrogen (secondary N) is 2. The number of benzene rings is 1. The minimum Gasteiger partial charge on any atom is -0.497 e. The van der Waals surface area contributed by atoms with Gasteiger partial charge in [-0.15, -0.1) is 0 Å². The molecule has 1 aliphatic rings. The zero-order valence-corrected chi connectivity index (χ0v) is 17.5. The van der Waals surface area contributed by atoms with Crippen molar-refractivity contribution in [3.63, 3.8) is 0 Å². The molecule has 0 radical (unpaired) electrons. The molecule has 6 nitrogen and oxygen atoms in total. The summed E-state index contributed by atoms with van der Waals surface area (Å²) in [4.78, 5) is 9.87. The van der Waals surface area contributed by atoms with Crippen molar-refractivity contribution >= 4 is 5.96 Å². The molecule has 1 atom stereocenters. The van der Waals surface area contributed by atoms with Crippen LogP contribution < -0.4 is 15.4 Å². The zero-order chi connectivity index (χ0) is 19.5. The van der Waals surface area contributed by atoms with Crippen molar-refractivity contribution in [2.45, 2.75) is 33.2 Å². The molecule has 0 saturated carbocycles. The first-order valence-corrected chi connectivity index (χ1v) is 10.3. The predicted molar refractivity (Wildman–Crippen MR) is 114 cm³/mol. The first kappa shape index (κ1) is 21.5. The third-order valence-corrected chi connectivity index (χ3v) is 5.20. The first-order chi connectivity index (χ1) is 13.2. The van der Waals surface area contributed by atoms with Gasteiger partial charge in [-0.2, -0.15) is 0 Å². The maximum atomic E-state index is 5.21. The van der Waals surface area contributed by atoms with E-state index < -0.39 is 0 Å². The van der Waals surface area contributed by atoms with Crippen LogP contribution in [0, 0.1) is 0 Å². The smallest absolute Gasteiger partial charge is 0.191 e. The molecule has 2 N–H and O–H groups in total. The summed E-state index contributed by atoms with van der Waals surface area (Å²) in [7, 11) is 1.69. The van der Waals surface area contributed by atoms with Crippen molar-refractivity contribution in [2.75, 3.05) is 59.5 Å². The number of rotatable bonds is 9. The minimum atomic E-state index is 0.473. The van der Waals surface area contributed by atoms with E-state index in [1.165, 1.54) is 18.7 Å². The van der Waals surface area contributed by atoms with Gasteiger partial charge in [0, 0.05) is 45.3 Å². The Hall–Kier alpha value is -1.79. The molecular formula is C21H37N5O. The molecule has 1 fully saturated rings. The number of hydrogen-bond donors (Lipinski definition) is 2. The Morgan fingerprint density at radius 1 is 1.11 bits per heavy atom. The Balaban J connectivity index is 1.77. The highest BCUT2D eigenvalue weighted by Crippen LogP contribution is 2.11. The SMILES string of the molecule is CCNC(=NCC(C)N1CCN(CC)CC1)NCCc1ccc(OC)cc1. The van der Waals surface area contributed by atoms with Gasteiger partial charge in [0.25, 0.3) is 0 Å². The highest BCUT2D eigenvalue weighted by molar-refractivity contribution is 5.79. The van der Waals surface area contributed by atoms with Crippen LogP contribution in [-0.2, 0) is 6.42 Å². The Kier molecular flexibility index (Phi) is 9.42. The predicted octanol–water partition coefficient (Wildman–Crippen LogP) is 1.82. The molecule has 0 aromatic heterocycles. The fraction of sp³-hybridized carbons (Fsp3) is 0.667. The van der Waals surface area contributed by atoms with E-state index in [0.717, 1.165) is 57.4 Å². The third-order valence-electron chi connectivity index (χ3n) is 5.20. The largest absolute Gasteiger partial charge is 0.497 e. The lowest BCUT2D eigenvalue weighted by Crippen LogP contribution is -2.50. The minimum absolute atomic E-state index is 0.473. The van der Waals surface area contributed by atoms with Gasteiger partial charge in [0.05, 0.1) is 13.7 Å². The maximum Gasteiger partial charge on any atom is 0.191 e. The Morgan fingerprint density at radius 3 is 2.41 bits per heavy atom. The third kappa shape index (κ3) is 7.39. The van der Waals surface area contributed by atoms with Crippen LogP contribution in [-0.4, -0.2) is 81.3 Å². The van der Waals surface area contributed by atoms with Gasteiger partial charge in [-0.25, -0.2) is 0 Å². The molecule has 1 saturated heterocycles. The number of nitrogens with zero attached hydrogens (tertiary/aromatic N) is 3. The standard InChI is InChI=1S/C21H37N5O/c1-5-22-21(23-12-11-19-7-9-20(27-4)10-8-19)24-17-18(3)26-15-13-25(6-2)14-16-26/h7-10,18H,5-6,11-17H2,1-4H3,(H2,22,23,24). The van der Waals surface area contributed by atoms with E-state index in [-0.39, 0.29) is 0 Å². The van der Waals surface area contributed by atoms with Crippen LogP contribution in [0.5, 0.6) is 5.75 Å². The summed E-state index contributed by atoms with van der Waals surface area (Å²) >= 11 is 0. The lowest BCUT2D eigenvalue weighted by molar-refractivity contribution is 0.109. The molecule has 0 spiro atoms. The Morgan fingerprint density at radius 2 is 1.81 bits per heavy atom. The second-order valence-corrected chi connectivity index (χ2v) is 7.06. The van der Waals surface area contributed by atoms with Crippen LogP contribution in [0.3, 0.4) is 0 Å². The number of hydrogen-bond acceptors (Lipinski definition) is 4. The van der Waals surface area contributed by atoms with Crippen LogP contribution in [0.15, 0.2) is 29.3 Å². The summed E-state index contributed by atoms with van der Waals surface area (Å²) in [6.45, 7) is 15.0. The fourth-order valence-electron chi connectivity index (χ4n) is 3.32. The molecule has 1 aliphatic heterocycles. The zero-order valence-electron chi connectivity index (χ0n) is 17.5. The van der Waals surface area contributed by atoms with Crippen molar-refractivity contribution in [1.29, 1.82) is 0 Å². The Bertz CT molecular complexity index is 552. The van der Waals surface area contributed by atoms with Gasteiger partial charge < -0.3 is 20.3 Å². The van der Waals surface area contributed by atoms with Gasteiger partial charge in [0.1, 0.15) is 5.75 Å². The quantitative estimate of drug-likeness (QED) is 0.509. The van der Waals surface area contributed by atoms with Gasteiger partial charge in [-0.05, 0) is 44.5 Å². The molecule has 6 heteroatoms. The van der Waals surface area contributed by atoms with Crippen LogP contribution in [0.4, 0.5) is 0 Å². The van der Waals surface area contributed by atoms with Crippen LogP contribution in [0.2, 0.25) is 0 Å². The van der Waals surface area contributed by atoms with E-state index in [1.807, 2.05) is 12.1 Å². The van der Waals surface area contributed by atoms with Gasteiger partial charge in [0.2, 0.25) is 0 Å². The summed E-state index contributed by atoms with van der Waals surface area (Å²) in [5.41, 5.74) is 1.29. The molecule has 1 aromatic carbocycles. The number of piperazine rings is 1. The van der Waals surface area contributed by atoms with Crippen molar-refractivity contribution < 1.29 is 4.74 Å². The summed E-state index contributed by atoms with van der Waals surface area (Å²) in [6.07, 6.45) is 0.961. The number of aliphatic imine (C=N–C) groups is 1. The second kappa shape index (κ2) is 11.8. The summed E-state index contributed by atoms with van der Waals surface area (Å²) < 4.78 is 5.21. The molecule has 152 valence electrons. The number of methoxy groups -OCH3 is 1. The normalized spacial score (nSPS) is 17.6. The van der Waals surface area contributed by atoms with E-state index in [1.54, 1.807) is 7.11 Å². The van der Waals surface area contributed by atoms with Crippen molar-refractivity contribution in [3.8, 4) is 5.75 Å². The van der Waals surface area contributed by atoms with Crippen LogP contribution in [0.1, 0.15) is 26.3 Å². The van der Waals surface area contributed by atoms with E-state index >= 15 is 0 Å². The summed E-state index contributed by atoms with van der Waals surface area (Å²) in [5.74, 6) is 1.81. The van der Waals surface area contributed by atoms with Gasteiger partial charge in [0.15, 0.2) is 5.96 Å². The number of guanidine groups is 1. The van der Waals surface area contributed by atoms with E-state index in [2.05, 4.69) is 53.3 Å². The van der Waals surface area contributed by atoms with E-state index in [0.29, 0.717) is 6.04 Å². The average Bonchev–Trinajstić information content (AvgIpc) is 2.72. The molecule has 1 heterocycles. The number of likely N-dealkylation sites (N-methyl/N-ethyl adjacent to an activating group) is 1. The second-order valence-electron chi connectivity index (χ2n) is 7.06. The van der Waals surface area contributed by atoms with E-state index in [4.69, 9.17) is 9.73 Å². The molecule has 1 unspecified atom stereocenters. The lowest BCUT2D eigenvalue weighted by Gasteiger charge is -2.37. The highest BCUT2D eigenvalue weighted by Gasteiger charge is 2.19. The Labute approximate surface area is 165 Å². The highest BCUT2D eigenvalue weighted by atomic mass is 16.5. The number of ether oxygens (including phenoxy) is 1. The molecule has 27 heavy (non-hydrogen) atoms. The van der Waals surface area contributed by atoms with Gasteiger partial charge in [-0.3, -0.25) is 9.89 Å². The van der Waals surface area contributed by atoms with Crippen LogP contribution >= 0.6 is 0 Å². The summed E-state index contributed by atoms with van der Waals surface area (Å²) in [6, 6.07) is 8.72. The summed E-state index contributed by atoms with van der Waals surface area (Å²) in [5, 5.41) is 6.81. The fourth-order valence-corrected chi connectivity index (χ4v) is 3.32. The van der Waals surface area contributed by atoms with Gasteiger partial charge in [-0.1, -0.05) is 19.1 Å². The molecule has 1 aromatic rings. The lowest BCUT2D eigenvalue weighted by atomic mass is 10.1. The molecule has 0 bridgehead atoms. The first-order valence-electron chi connectivity index (χ1n) is 10.3. The molecule has 2 rings (SSSR count). The van der Waals surface area contributed by atoms with Gasteiger partial charge >= 0.3 is 0 Å². The van der Waals surface area contributed by atoms with E-state index in [9.17, 15) is 0 Å². The molecule has 0 aliphatic carbocycles. The molecular weight excluding hydrogens is 338 g/mol. The average molecular weight is 376 g/mol. The monoisotopic (exact) mass is 375 g/mol. The van der Waals surface area contributed by atoms with Crippen molar-refractivity contribution in [3.05, 3.63) is 29.8 Å². The van der Waals surface area contributed by atoms with Crippen LogP contribution in [0.25, 0.3) is 0 Å². The van der Waals surface area contributed by atoms with Crippen molar-refractivity contribution in [2.24, 2.45) is 4.99 Å². The maximum absolute atomic E-state index is 5.21. The molecule has 0 amide bonds.